The van der Waals surface area contributed by atoms with Gasteiger partial charge in [0.05, 0.1) is 19.6 Å². The molecule has 8 nitrogen and oxygen atoms in total. The van der Waals surface area contributed by atoms with Gasteiger partial charge in [0.2, 0.25) is 5.91 Å². The molecule has 2 N–H and O–H groups in total. The number of anilines is 1. The summed E-state index contributed by atoms with van der Waals surface area (Å²) in [5.74, 6) is 0.446. The number of hydrogen-bond donors (Lipinski definition) is 1. The van der Waals surface area contributed by atoms with E-state index in [1.165, 1.54) is 0 Å². The molecule has 0 radical (unpaired) electrons. The van der Waals surface area contributed by atoms with Crippen LogP contribution < -0.4 is 20.1 Å². The number of nitrogens with zero attached hydrogens (tertiary/aromatic N) is 2. The highest BCUT2D eigenvalue weighted by molar-refractivity contribution is 6.30. The zero-order valence-electron chi connectivity index (χ0n) is 18.3. The maximum atomic E-state index is 12.8. The summed E-state index contributed by atoms with van der Waals surface area (Å²) in [4.78, 5) is 28.2. The zero-order chi connectivity index (χ0) is 23.1. The highest BCUT2D eigenvalue weighted by Crippen LogP contribution is 2.25. The summed E-state index contributed by atoms with van der Waals surface area (Å²) in [6.07, 6.45) is -0.0733. The van der Waals surface area contributed by atoms with Crippen molar-refractivity contribution in [3.8, 4) is 11.5 Å². The van der Waals surface area contributed by atoms with Crippen LogP contribution in [0.5, 0.6) is 11.5 Å². The SMILES string of the molecule is CN(C)c1cccc(OCC(=O)N2CCO[C@](COc3ccc(Cl)cc3)(CC(N)=O)C2)c1. The van der Waals surface area contributed by atoms with Crippen molar-refractivity contribution >= 4 is 29.1 Å². The van der Waals surface area contributed by atoms with Gasteiger partial charge in [-0.3, -0.25) is 9.59 Å². The van der Waals surface area contributed by atoms with E-state index in [-0.39, 0.29) is 38.7 Å². The molecule has 2 amide bonds. The van der Waals surface area contributed by atoms with E-state index in [0.717, 1.165) is 5.69 Å². The predicted octanol–water partition coefficient (Wildman–Crippen LogP) is 2.34. The topological polar surface area (TPSA) is 94.3 Å². The molecule has 0 spiro atoms. The quantitative estimate of drug-likeness (QED) is 0.616. The van der Waals surface area contributed by atoms with E-state index in [9.17, 15) is 9.59 Å². The highest BCUT2D eigenvalue weighted by Gasteiger charge is 2.41. The normalized spacial score (nSPS) is 18.2. The summed E-state index contributed by atoms with van der Waals surface area (Å²) in [6.45, 7) is 0.763. The third kappa shape index (κ3) is 6.51. The zero-order valence-corrected chi connectivity index (χ0v) is 19.0. The lowest BCUT2D eigenvalue weighted by atomic mass is 9.97. The van der Waals surface area contributed by atoms with E-state index >= 15 is 0 Å². The van der Waals surface area contributed by atoms with Crippen molar-refractivity contribution in [3.05, 3.63) is 53.6 Å². The fraction of sp³-hybridized carbons (Fsp3) is 0.391. The third-order valence-electron chi connectivity index (χ3n) is 5.11. The Morgan fingerprint density at radius 2 is 1.91 bits per heavy atom. The first kappa shape index (κ1) is 23.7. The molecule has 9 heteroatoms. The van der Waals surface area contributed by atoms with E-state index in [4.69, 9.17) is 31.5 Å². The van der Waals surface area contributed by atoms with Crippen molar-refractivity contribution in [1.29, 1.82) is 0 Å². The Hall–Kier alpha value is -2.97. The van der Waals surface area contributed by atoms with Crippen LogP contribution in [0.2, 0.25) is 5.02 Å². The van der Waals surface area contributed by atoms with Gasteiger partial charge >= 0.3 is 0 Å². The lowest BCUT2D eigenvalue weighted by Crippen LogP contribution is -2.58. The van der Waals surface area contributed by atoms with E-state index in [2.05, 4.69) is 0 Å². The molecule has 1 heterocycles. The van der Waals surface area contributed by atoms with Gasteiger partial charge in [0.25, 0.3) is 5.91 Å². The molecule has 1 aliphatic heterocycles. The minimum atomic E-state index is -1.04. The molecule has 1 fully saturated rings. The summed E-state index contributed by atoms with van der Waals surface area (Å²) < 4.78 is 17.5. The van der Waals surface area contributed by atoms with E-state index in [1.54, 1.807) is 35.2 Å². The van der Waals surface area contributed by atoms with E-state index < -0.39 is 11.5 Å². The van der Waals surface area contributed by atoms with Gasteiger partial charge in [0, 0.05) is 37.4 Å². The molecule has 0 aliphatic carbocycles. The Kier molecular flexibility index (Phi) is 7.82. The summed E-state index contributed by atoms with van der Waals surface area (Å²) in [5, 5.41) is 0.589. The van der Waals surface area contributed by atoms with Gasteiger partial charge in [-0.15, -0.1) is 0 Å². The van der Waals surface area contributed by atoms with Crippen LogP contribution in [0.15, 0.2) is 48.5 Å². The third-order valence-corrected chi connectivity index (χ3v) is 5.36. The Bertz CT molecular complexity index is 937. The van der Waals surface area contributed by atoms with Crippen LogP contribution in [-0.2, 0) is 14.3 Å². The number of primary amides is 1. The largest absolute Gasteiger partial charge is 0.490 e. The molecule has 2 aromatic rings. The molecule has 3 rings (SSSR count). The van der Waals surface area contributed by atoms with Gasteiger partial charge in [-0.25, -0.2) is 0 Å². The summed E-state index contributed by atoms with van der Waals surface area (Å²) in [5.41, 5.74) is 5.40. The van der Waals surface area contributed by atoms with Gasteiger partial charge < -0.3 is 29.7 Å². The summed E-state index contributed by atoms with van der Waals surface area (Å²) in [7, 11) is 3.87. The maximum Gasteiger partial charge on any atom is 0.260 e. The number of carbonyl (C=O) groups excluding carboxylic acids is 2. The van der Waals surface area contributed by atoms with Crippen molar-refractivity contribution in [2.24, 2.45) is 5.73 Å². The second-order valence-corrected chi connectivity index (χ2v) is 8.35. The Balaban J connectivity index is 1.63. The number of hydrogen-bond acceptors (Lipinski definition) is 6. The van der Waals surface area contributed by atoms with Gasteiger partial charge in [-0.05, 0) is 36.4 Å². The monoisotopic (exact) mass is 461 g/mol. The lowest BCUT2D eigenvalue weighted by Gasteiger charge is -2.41. The lowest BCUT2D eigenvalue weighted by molar-refractivity contribution is -0.163. The number of morpholine rings is 1. The molecular formula is C23H28ClN3O5. The van der Waals surface area contributed by atoms with Crippen LogP contribution in [0.3, 0.4) is 0 Å². The molecule has 2 aromatic carbocycles. The minimum Gasteiger partial charge on any atom is -0.490 e. The van der Waals surface area contributed by atoms with Crippen LogP contribution >= 0.6 is 11.6 Å². The average Bonchev–Trinajstić information content (AvgIpc) is 2.77. The van der Waals surface area contributed by atoms with Crippen molar-refractivity contribution in [3.63, 3.8) is 0 Å². The fourth-order valence-corrected chi connectivity index (χ4v) is 3.58. The molecule has 1 saturated heterocycles. The van der Waals surface area contributed by atoms with Gasteiger partial charge in [-0.2, -0.15) is 0 Å². The molecule has 0 unspecified atom stereocenters. The molecule has 172 valence electrons. The maximum absolute atomic E-state index is 12.8. The van der Waals surface area contributed by atoms with E-state index in [1.807, 2.05) is 37.2 Å². The first-order chi connectivity index (χ1) is 15.3. The molecule has 1 atom stereocenters. The number of halogens is 1. The van der Waals surface area contributed by atoms with Crippen LogP contribution in [0.4, 0.5) is 5.69 Å². The highest BCUT2D eigenvalue weighted by atomic mass is 35.5. The van der Waals surface area contributed by atoms with Crippen molar-refractivity contribution in [2.75, 3.05) is 51.9 Å². The van der Waals surface area contributed by atoms with Crippen LogP contribution in [-0.4, -0.2) is 69.3 Å². The molecule has 0 aromatic heterocycles. The van der Waals surface area contributed by atoms with Gasteiger partial charge in [0.1, 0.15) is 23.7 Å². The second kappa shape index (κ2) is 10.6. The molecule has 0 bridgehead atoms. The second-order valence-electron chi connectivity index (χ2n) is 7.91. The Morgan fingerprint density at radius 1 is 1.16 bits per heavy atom. The van der Waals surface area contributed by atoms with Crippen molar-refractivity contribution < 1.29 is 23.8 Å². The predicted molar refractivity (Wildman–Crippen MR) is 122 cm³/mol. The van der Waals surface area contributed by atoms with Gasteiger partial charge in [0.15, 0.2) is 6.61 Å². The summed E-state index contributed by atoms with van der Waals surface area (Å²) >= 11 is 5.91. The molecular weight excluding hydrogens is 434 g/mol. The van der Waals surface area contributed by atoms with Crippen LogP contribution in [0.1, 0.15) is 6.42 Å². The van der Waals surface area contributed by atoms with Crippen LogP contribution in [0.25, 0.3) is 0 Å². The standard InChI is InChI=1S/C23H28ClN3O5/c1-26(2)18-4-3-5-20(12-18)30-14-22(29)27-10-11-32-23(15-27,13-21(25)28)16-31-19-8-6-17(24)7-9-19/h3-9,12H,10-11,13-16H2,1-2H3,(H2,25,28)/t23-/m1/s1. The number of amides is 2. The van der Waals surface area contributed by atoms with Gasteiger partial charge in [-0.1, -0.05) is 17.7 Å². The van der Waals surface area contributed by atoms with Crippen molar-refractivity contribution in [2.45, 2.75) is 12.0 Å². The molecule has 1 aliphatic rings. The Morgan fingerprint density at radius 3 is 2.59 bits per heavy atom. The molecule has 0 saturated carbocycles. The molecule has 32 heavy (non-hydrogen) atoms. The number of ether oxygens (including phenoxy) is 3. The van der Waals surface area contributed by atoms with Crippen molar-refractivity contribution in [1.82, 2.24) is 4.90 Å². The summed E-state index contributed by atoms with van der Waals surface area (Å²) in [6, 6.07) is 14.4. The first-order valence-electron chi connectivity index (χ1n) is 10.2. The smallest absolute Gasteiger partial charge is 0.260 e. The first-order valence-corrected chi connectivity index (χ1v) is 10.6. The van der Waals surface area contributed by atoms with Crippen LogP contribution in [0, 0.1) is 0 Å². The number of benzene rings is 2. The number of carbonyl (C=O) groups is 2. The average molecular weight is 462 g/mol. The number of rotatable bonds is 9. The van der Waals surface area contributed by atoms with E-state index in [0.29, 0.717) is 23.1 Å². The Labute approximate surface area is 192 Å². The minimum absolute atomic E-state index is 0.0626. The fourth-order valence-electron chi connectivity index (χ4n) is 3.45. The number of nitrogens with two attached hydrogens (primary N) is 1.